The van der Waals surface area contributed by atoms with E-state index in [4.69, 9.17) is 13.9 Å². The van der Waals surface area contributed by atoms with Gasteiger partial charge in [-0.15, -0.1) is 0 Å². The normalized spacial score (nSPS) is 24.8. The van der Waals surface area contributed by atoms with E-state index >= 15 is 0 Å². The third kappa shape index (κ3) is 4.82. The van der Waals surface area contributed by atoms with Crippen molar-refractivity contribution in [3.05, 3.63) is 70.1 Å². The number of benzene rings is 2. The van der Waals surface area contributed by atoms with E-state index in [-0.39, 0.29) is 34.8 Å². The minimum Gasteiger partial charge on any atom is -0.507 e. The predicted octanol–water partition coefficient (Wildman–Crippen LogP) is 0.881. The van der Waals surface area contributed by atoms with Gasteiger partial charge in [0.25, 0.3) is 0 Å². The molecular formula is C25H24O11. The zero-order chi connectivity index (χ0) is 26.1. The molecule has 1 aliphatic heterocycles. The second kappa shape index (κ2) is 10.1. The Hall–Kier alpha value is -3.77. The van der Waals surface area contributed by atoms with E-state index in [1.807, 2.05) is 0 Å². The van der Waals surface area contributed by atoms with Gasteiger partial charge in [0.1, 0.15) is 41.2 Å². The van der Waals surface area contributed by atoms with Gasteiger partial charge in [0.2, 0.25) is 6.29 Å². The van der Waals surface area contributed by atoms with Crippen LogP contribution < -0.4 is 10.4 Å². The first kappa shape index (κ1) is 25.3. The Kier molecular flexibility index (Phi) is 7.09. The maximum Gasteiger partial charge on any atom is 0.343 e. The number of hydrogen-bond acceptors (Lipinski definition) is 10. The Morgan fingerprint density at radius 3 is 2.31 bits per heavy atom. The molecule has 5 N–H and O–H groups in total. The summed E-state index contributed by atoms with van der Waals surface area (Å²) in [5.41, 5.74) is -0.194. The molecule has 11 nitrogen and oxygen atoms in total. The number of aliphatic carboxylic acids is 1. The van der Waals surface area contributed by atoms with Gasteiger partial charge in [0.15, 0.2) is 6.10 Å². The van der Waals surface area contributed by atoms with Crippen LogP contribution in [-0.2, 0) is 14.3 Å². The van der Waals surface area contributed by atoms with Crippen molar-refractivity contribution in [1.29, 1.82) is 0 Å². The summed E-state index contributed by atoms with van der Waals surface area (Å²) in [6.07, 6.45) is -8.93. The lowest BCUT2D eigenvalue weighted by Gasteiger charge is -2.38. The predicted molar refractivity (Wildman–Crippen MR) is 123 cm³/mol. The number of Topliss-reactive ketones (excluding diaryl/α,β-unsaturated/α-hetero) is 1. The Bertz CT molecular complexity index is 1330. The van der Waals surface area contributed by atoms with Gasteiger partial charge in [0, 0.05) is 12.3 Å². The highest BCUT2D eigenvalue weighted by molar-refractivity contribution is 5.85. The molecule has 1 fully saturated rings. The monoisotopic (exact) mass is 500 g/mol. The zero-order valence-corrected chi connectivity index (χ0v) is 19.0. The van der Waals surface area contributed by atoms with Gasteiger partial charge in [0.05, 0.1) is 10.9 Å². The SMILES string of the molecule is CC(=O)C[C@@H](c1ccc(OC2O[C@H](C(=O)O)[C@@H](O)[C@H](O)[C@H]2O)cc1)c1c(O)c2ccccc2oc1=O. The molecule has 1 aliphatic rings. The fourth-order valence-corrected chi connectivity index (χ4v) is 4.19. The highest BCUT2D eigenvalue weighted by Crippen LogP contribution is 2.37. The van der Waals surface area contributed by atoms with Crippen LogP contribution in [0.3, 0.4) is 0 Å². The molecule has 0 aliphatic carbocycles. The van der Waals surface area contributed by atoms with Gasteiger partial charge in [-0.25, -0.2) is 9.59 Å². The van der Waals surface area contributed by atoms with Gasteiger partial charge in [-0.2, -0.15) is 0 Å². The van der Waals surface area contributed by atoms with Gasteiger partial charge in [-0.05, 0) is 36.8 Å². The van der Waals surface area contributed by atoms with Crippen LogP contribution >= 0.6 is 0 Å². The standard InChI is InChI=1S/C25H24O11/c1-11(26)10-15(17-18(27)14-4-2-3-5-16(14)35-24(17)33)12-6-8-13(9-7-12)34-25-21(30)19(28)20(29)22(36-25)23(31)32/h2-9,15,19-22,25,27-30H,10H2,1H3,(H,31,32)/t15-,19-,20-,21+,22-,25?/m0/s1. The Labute approximate surface area is 203 Å². The van der Waals surface area contributed by atoms with Crippen molar-refractivity contribution in [3.63, 3.8) is 0 Å². The summed E-state index contributed by atoms with van der Waals surface area (Å²) in [5.74, 6) is -2.81. The number of ether oxygens (including phenoxy) is 2. The smallest absolute Gasteiger partial charge is 0.343 e. The molecule has 2 aromatic carbocycles. The number of fused-ring (bicyclic) bond motifs is 1. The van der Waals surface area contributed by atoms with Crippen LogP contribution in [0.15, 0.2) is 57.7 Å². The fourth-order valence-electron chi connectivity index (χ4n) is 4.19. The summed E-state index contributed by atoms with van der Waals surface area (Å²) in [5, 5.41) is 50.2. The lowest BCUT2D eigenvalue weighted by Crippen LogP contribution is -2.61. The Morgan fingerprint density at radius 2 is 1.67 bits per heavy atom. The van der Waals surface area contributed by atoms with Gasteiger partial charge >= 0.3 is 11.6 Å². The maximum atomic E-state index is 12.8. The molecule has 0 radical (unpaired) electrons. The first-order valence-corrected chi connectivity index (χ1v) is 11.0. The van der Waals surface area contributed by atoms with Crippen molar-refractivity contribution in [2.45, 2.75) is 50.0 Å². The first-order chi connectivity index (χ1) is 17.1. The summed E-state index contributed by atoms with van der Waals surface area (Å²) < 4.78 is 15.9. The molecule has 1 aromatic heterocycles. The molecule has 1 unspecified atom stereocenters. The number of carbonyl (C=O) groups is 2. The number of aromatic hydroxyl groups is 1. The number of aliphatic hydroxyl groups is 3. The summed E-state index contributed by atoms with van der Waals surface area (Å²) in [6, 6.07) is 12.3. The van der Waals surface area contributed by atoms with Gasteiger partial charge < -0.3 is 39.4 Å². The number of para-hydroxylation sites is 1. The summed E-state index contributed by atoms with van der Waals surface area (Å²) in [6.45, 7) is 1.35. The second-order valence-electron chi connectivity index (χ2n) is 8.53. The van der Waals surface area contributed by atoms with Crippen molar-refractivity contribution in [2.24, 2.45) is 0 Å². The lowest BCUT2D eigenvalue weighted by molar-refractivity contribution is -0.271. The van der Waals surface area contributed by atoms with E-state index in [9.17, 15) is 39.9 Å². The van der Waals surface area contributed by atoms with Crippen LogP contribution in [0.1, 0.15) is 30.4 Å². The van der Waals surface area contributed by atoms with Crippen molar-refractivity contribution in [2.75, 3.05) is 0 Å². The molecular weight excluding hydrogens is 476 g/mol. The van der Waals surface area contributed by atoms with Crippen LogP contribution in [0.4, 0.5) is 0 Å². The van der Waals surface area contributed by atoms with E-state index in [1.54, 1.807) is 24.3 Å². The lowest BCUT2D eigenvalue weighted by atomic mass is 9.87. The highest BCUT2D eigenvalue weighted by atomic mass is 16.7. The second-order valence-corrected chi connectivity index (χ2v) is 8.53. The summed E-state index contributed by atoms with van der Waals surface area (Å²) >= 11 is 0. The van der Waals surface area contributed by atoms with Crippen LogP contribution in [0.25, 0.3) is 11.0 Å². The van der Waals surface area contributed by atoms with Crippen molar-refractivity contribution < 1.29 is 49.0 Å². The minimum atomic E-state index is -1.85. The van der Waals surface area contributed by atoms with Crippen LogP contribution in [-0.4, -0.2) is 68.0 Å². The number of ketones is 1. The third-order valence-corrected chi connectivity index (χ3v) is 6.01. The molecule has 2 heterocycles. The molecule has 190 valence electrons. The molecule has 36 heavy (non-hydrogen) atoms. The molecule has 6 atom stereocenters. The van der Waals surface area contributed by atoms with E-state index in [1.165, 1.54) is 31.2 Å². The van der Waals surface area contributed by atoms with E-state index in [0.29, 0.717) is 10.9 Å². The van der Waals surface area contributed by atoms with Crippen LogP contribution in [0.5, 0.6) is 11.5 Å². The van der Waals surface area contributed by atoms with E-state index in [0.717, 1.165) is 0 Å². The fraction of sp³-hybridized carbons (Fsp3) is 0.320. The van der Waals surface area contributed by atoms with E-state index in [2.05, 4.69) is 0 Å². The maximum absolute atomic E-state index is 12.8. The molecule has 11 heteroatoms. The van der Waals surface area contributed by atoms with E-state index < -0.39 is 48.2 Å². The minimum absolute atomic E-state index is 0.0787. The number of carbonyl (C=O) groups excluding carboxylic acids is 1. The molecule has 4 rings (SSSR count). The quantitative estimate of drug-likeness (QED) is 0.290. The highest BCUT2D eigenvalue weighted by Gasteiger charge is 2.48. The van der Waals surface area contributed by atoms with Crippen molar-refractivity contribution in [1.82, 2.24) is 0 Å². The first-order valence-electron chi connectivity index (χ1n) is 11.0. The van der Waals surface area contributed by atoms with Crippen molar-refractivity contribution in [3.8, 4) is 11.5 Å². The molecule has 1 saturated heterocycles. The van der Waals surface area contributed by atoms with Crippen molar-refractivity contribution >= 4 is 22.7 Å². The third-order valence-electron chi connectivity index (χ3n) is 6.01. The average molecular weight is 500 g/mol. The topological polar surface area (TPSA) is 184 Å². The Morgan fingerprint density at radius 1 is 1.00 bits per heavy atom. The number of carboxylic acids is 1. The number of carboxylic acid groups (broad SMARTS) is 1. The molecule has 0 amide bonds. The molecule has 0 bridgehead atoms. The zero-order valence-electron chi connectivity index (χ0n) is 19.0. The van der Waals surface area contributed by atoms with Crippen LogP contribution in [0, 0.1) is 0 Å². The summed E-state index contributed by atoms with van der Waals surface area (Å²) in [4.78, 5) is 36.1. The molecule has 0 saturated carbocycles. The Balaban J connectivity index is 1.64. The van der Waals surface area contributed by atoms with Gasteiger partial charge in [-0.1, -0.05) is 24.3 Å². The number of hydrogen-bond donors (Lipinski definition) is 5. The van der Waals surface area contributed by atoms with Crippen LogP contribution in [0.2, 0.25) is 0 Å². The number of aliphatic hydroxyl groups excluding tert-OH is 3. The average Bonchev–Trinajstić information content (AvgIpc) is 2.83. The molecule has 0 spiro atoms. The summed E-state index contributed by atoms with van der Waals surface area (Å²) in [7, 11) is 0. The van der Waals surface area contributed by atoms with Gasteiger partial charge in [-0.3, -0.25) is 4.79 Å². The number of rotatable bonds is 7. The molecule has 3 aromatic rings. The largest absolute Gasteiger partial charge is 0.507 e.